The second kappa shape index (κ2) is 9.25. The van der Waals surface area contributed by atoms with Gasteiger partial charge in [0, 0.05) is 23.9 Å². The summed E-state index contributed by atoms with van der Waals surface area (Å²) in [6.45, 7) is 0. The van der Waals surface area contributed by atoms with Crippen molar-refractivity contribution in [3.05, 3.63) is 109 Å². The van der Waals surface area contributed by atoms with Crippen molar-refractivity contribution in [2.24, 2.45) is 0 Å². The van der Waals surface area contributed by atoms with Crippen LogP contribution in [0.5, 0.6) is 0 Å². The Kier molecular flexibility index (Phi) is 5.69. The molecule has 8 nitrogen and oxygen atoms in total. The largest absolute Gasteiger partial charge is 0.437 e. The highest BCUT2D eigenvalue weighted by Gasteiger charge is 2.19. The number of nitrogens with zero attached hydrogens (tertiary/aromatic N) is 3. The number of carbonyl (C=O) groups is 2. The van der Waals surface area contributed by atoms with E-state index >= 15 is 0 Å². The minimum absolute atomic E-state index is 0.290. The third kappa shape index (κ3) is 4.46. The number of nitrogens with one attached hydrogen (secondary N) is 2. The van der Waals surface area contributed by atoms with Crippen LogP contribution < -0.4 is 10.9 Å². The van der Waals surface area contributed by atoms with Crippen LogP contribution in [-0.2, 0) is 4.79 Å². The number of amides is 2. The first-order chi connectivity index (χ1) is 16.7. The molecule has 0 aliphatic carbocycles. The molecule has 0 atom stereocenters. The van der Waals surface area contributed by atoms with E-state index in [4.69, 9.17) is 4.42 Å². The van der Waals surface area contributed by atoms with Crippen molar-refractivity contribution in [2.45, 2.75) is 0 Å². The van der Waals surface area contributed by atoms with Gasteiger partial charge in [0.25, 0.3) is 11.8 Å². The van der Waals surface area contributed by atoms with Gasteiger partial charge in [-0.1, -0.05) is 60.7 Å². The summed E-state index contributed by atoms with van der Waals surface area (Å²) in [5.74, 6) is -0.741. The first-order valence-corrected chi connectivity index (χ1v) is 10.5. The number of carbonyl (C=O) groups excluding carboxylic acids is 2. The fourth-order valence-corrected chi connectivity index (χ4v) is 3.40. The monoisotopic (exact) mass is 449 g/mol. The zero-order valence-corrected chi connectivity index (χ0v) is 17.9. The number of benzene rings is 3. The molecule has 34 heavy (non-hydrogen) atoms. The summed E-state index contributed by atoms with van der Waals surface area (Å²) in [4.78, 5) is 29.5. The quantitative estimate of drug-likeness (QED) is 0.310. The minimum Gasteiger partial charge on any atom is -0.437 e. The lowest BCUT2D eigenvalue weighted by molar-refractivity contribution is -0.117. The summed E-state index contributed by atoms with van der Waals surface area (Å²) in [5.41, 5.74) is 8.55. The highest BCUT2D eigenvalue weighted by atomic mass is 16.3. The number of rotatable bonds is 5. The summed E-state index contributed by atoms with van der Waals surface area (Å²) >= 11 is 0. The van der Waals surface area contributed by atoms with Crippen molar-refractivity contribution < 1.29 is 14.0 Å². The highest BCUT2D eigenvalue weighted by Crippen LogP contribution is 2.23. The summed E-state index contributed by atoms with van der Waals surface area (Å²) in [5, 5.41) is 4.60. The molecule has 0 aliphatic rings. The molecule has 5 rings (SSSR count). The molecule has 3 aromatic carbocycles. The van der Waals surface area contributed by atoms with Gasteiger partial charge in [0.05, 0.1) is 11.3 Å². The van der Waals surface area contributed by atoms with Gasteiger partial charge in [0.2, 0.25) is 5.89 Å². The van der Waals surface area contributed by atoms with Crippen molar-refractivity contribution in [1.82, 2.24) is 25.6 Å². The molecule has 0 spiro atoms. The molecule has 0 bridgehead atoms. The van der Waals surface area contributed by atoms with E-state index in [2.05, 4.69) is 20.9 Å². The average Bonchev–Trinajstić information content (AvgIpc) is 3.52. The van der Waals surface area contributed by atoms with Gasteiger partial charge in [-0.25, -0.2) is 9.67 Å². The molecule has 2 heterocycles. The number of aromatic nitrogens is 3. The Hall–Kier alpha value is -4.98. The lowest BCUT2D eigenvalue weighted by Crippen LogP contribution is -2.40. The number of hydrogen-bond acceptors (Lipinski definition) is 5. The Morgan fingerprint density at radius 3 is 2.32 bits per heavy atom. The van der Waals surface area contributed by atoms with E-state index in [0.717, 1.165) is 11.3 Å². The van der Waals surface area contributed by atoms with Gasteiger partial charge in [0.1, 0.15) is 11.2 Å². The topological polar surface area (TPSA) is 102 Å². The number of hydrogen-bond donors (Lipinski definition) is 2. The lowest BCUT2D eigenvalue weighted by Gasteiger charge is -2.05. The molecule has 2 amide bonds. The van der Waals surface area contributed by atoms with Crippen LogP contribution in [0.25, 0.3) is 34.1 Å². The smallest absolute Gasteiger partial charge is 0.273 e. The SMILES string of the molecule is O=C(/C=C/c1nc2ccccc2o1)NNC(=O)c1cn(-c2ccccc2)nc1-c1ccccc1. The Bertz CT molecular complexity index is 1450. The Balaban J connectivity index is 1.32. The molecule has 0 fully saturated rings. The van der Waals surface area contributed by atoms with Crippen molar-refractivity contribution in [1.29, 1.82) is 0 Å². The van der Waals surface area contributed by atoms with E-state index in [1.807, 2.05) is 78.9 Å². The maximum absolute atomic E-state index is 12.9. The van der Waals surface area contributed by atoms with E-state index < -0.39 is 11.8 Å². The molecular weight excluding hydrogens is 430 g/mol. The highest BCUT2D eigenvalue weighted by molar-refractivity contribution is 6.01. The van der Waals surface area contributed by atoms with Crippen LogP contribution in [0.2, 0.25) is 0 Å². The number of hydrazine groups is 1. The molecule has 2 aromatic heterocycles. The van der Waals surface area contributed by atoms with Crippen molar-refractivity contribution in [3.63, 3.8) is 0 Å². The van der Waals surface area contributed by atoms with Crippen LogP contribution in [0, 0.1) is 0 Å². The van der Waals surface area contributed by atoms with E-state index in [1.54, 1.807) is 16.9 Å². The molecule has 8 heteroatoms. The van der Waals surface area contributed by atoms with Gasteiger partial charge in [-0.2, -0.15) is 5.10 Å². The molecule has 5 aromatic rings. The fourth-order valence-electron chi connectivity index (χ4n) is 3.40. The molecule has 0 saturated heterocycles. The van der Waals surface area contributed by atoms with Crippen LogP contribution in [0.1, 0.15) is 16.2 Å². The Morgan fingerprint density at radius 2 is 1.56 bits per heavy atom. The third-order valence-corrected chi connectivity index (χ3v) is 5.01. The summed E-state index contributed by atoms with van der Waals surface area (Å²) in [6.07, 6.45) is 4.30. The van der Waals surface area contributed by atoms with Crippen molar-refractivity contribution >= 4 is 29.0 Å². The van der Waals surface area contributed by atoms with Gasteiger partial charge in [0.15, 0.2) is 5.58 Å². The molecule has 0 saturated carbocycles. The Morgan fingerprint density at radius 1 is 0.853 bits per heavy atom. The molecule has 0 unspecified atom stereocenters. The van der Waals surface area contributed by atoms with Gasteiger partial charge in [-0.15, -0.1) is 0 Å². The van der Waals surface area contributed by atoms with Crippen LogP contribution in [0.15, 0.2) is 102 Å². The van der Waals surface area contributed by atoms with E-state index in [1.165, 1.54) is 12.2 Å². The number of fused-ring (bicyclic) bond motifs is 1. The molecule has 0 aliphatic heterocycles. The van der Waals surface area contributed by atoms with E-state index in [0.29, 0.717) is 22.4 Å². The van der Waals surface area contributed by atoms with Gasteiger partial charge in [-0.05, 0) is 24.3 Å². The van der Waals surface area contributed by atoms with Crippen LogP contribution >= 0.6 is 0 Å². The number of para-hydroxylation sites is 3. The third-order valence-electron chi connectivity index (χ3n) is 5.01. The number of oxazole rings is 1. The van der Waals surface area contributed by atoms with Crippen molar-refractivity contribution in [2.75, 3.05) is 0 Å². The molecule has 0 radical (unpaired) electrons. The maximum Gasteiger partial charge on any atom is 0.273 e. The van der Waals surface area contributed by atoms with Gasteiger partial charge >= 0.3 is 0 Å². The Labute approximate surface area is 194 Å². The van der Waals surface area contributed by atoms with E-state index in [-0.39, 0.29) is 5.89 Å². The second-order valence-corrected chi connectivity index (χ2v) is 7.33. The molecule has 166 valence electrons. The van der Waals surface area contributed by atoms with Crippen LogP contribution in [-0.4, -0.2) is 26.6 Å². The zero-order valence-electron chi connectivity index (χ0n) is 17.9. The summed E-state index contributed by atoms with van der Waals surface area (Å²) in [6, 6.07) is 26.1. The van der Waals surface area contributed by atoms with Gasteiger partial charge in [-0.3, -0.25) is 20.4 Å². The summed E-state index contributed by atoms with van der Waals surface area (Å²) in [7, 11) is 0. The average molecular weight is 449 g/mol. The normalized spacial score (nSPS) is 11.1. The first kappa shape index (κ1) is 20.9. The predicted molar refractivity (Wildman–Crippen MR) is 128 cm³/mol. The lowest BCUT2D eigenvalue weighted by atomic mass is 10.1. The minimum atomic E-state index is -0.535. The van der Waals surface area contributed by atoms with E-state index in [9.17, 15) is 9.59 Å². The second-order valence-electron chi connectivity index (χ2n) is 7.33. The molecule has 2 N–H and O–H groups in total. The standard InChI is InChI=1S/C26H19N5O3/c32-23(15-16-24-27-21-13-7-8-14-22(21)34-24)28-29-26(33)20-17-31(19-11-5-2-6-12-19)30-25(20)18-9-3-1-4-10-18/h1-17H,(H,28,32)(H,29,33)/b16-15+. The maximum atomic E-state index is 12.9. The van der Waals surface area contributed by atoms with Crippen LogP contribution in [0.4, 0.5) is 0 Å². The predicted octanol–water partition coefficient (Wildman–Crippen LogP) is 4.15. The van der Waals surface area contributed by atoms with Crippen LogP contribution in [0.3, 0.4) is 0 Å². The van der Waals surface area contributed by atoms with Gasteiger partial charge < -0.3 is 4.42 Å². The zero-order chi connectivity index (χ0) is 23.3. The fraction of sp³-hybridized carbons (Fsp3) is 0. The summed E-state index contributed by atoms with van der Waals surface area (Å²) < 4.78 is 7.18. The first-order valence-electron chi connectivity index (χ1n) is 10.5. The molecular formula is C26H19N5O3. The van der Waals surface area contributed by atoms with Crippen molar-refractivity contribution in [3.8, 4) is 16.9 Å².